The van der Waals surface area contributed by atoms with Gasteiger partial charge in [-0.25, -0.2) is 0 Å². The summed E-state index contributed by atoms with van der Waals surface area (Å²) < 4.78 is 5.62. The average molecular weight is 184 g/mol. The zero-order chi connectivity index (χ0) is 10.3. The Balaban J connectivity index is 2.76. The molecule has 0 bridgehead atoms. The van der Waals surface area contributed by atoms with E-state index in [0.717, 1.165) is 13.2 Å². The summed E-state index contributed by atoms with van der Waals surface area (Å²) in [5.74, 6) is 1.43. The second-order valence-electron chi connectivity index (χ2n) is 6.48. The highest BCUT2D eigenvalue weighted by Crippen LogP contribution is 2.44. The first-order chi connectivity index (χ1) is 5.73. The van der Waals surface area contributed by atoms with Crippen molar-refractivity contribution in [3.05, 3.63) is 0 Å². The zero-order valence-corrected chi connectivity index (χ0v) is 9.98. The standard InChI is InChI=1S/C12H24O/c1-11(2,3)9-7-13-8-10(9)12(4,5)6/h9-10H,7-8H2,1-6H3. The summed E-state index contributed by atoms with van der Waals surface area (Å²) >= 11 is 0. The molecular formula is C12H24O. The Hall–Kier alpha value is -0.0400. The Bertz CT molecular complexity index is 151. The third kappa shape index (κ3) is 2.46. The highest BCUT2D eigenvalue weighted by Gasteiger charge is 2.42. The van der Waals surface area contributed by atoms with Gasteiger partial charge in [0.05, 0.1) is 13.2 Å². The molecule has 0 saturated carbocycles. The van der Waals surface area contributed by atoms with Gasteiger partial charge in [-0.2, -0.15) is 0 Å². The Kier molecular flexibility index (Phi) is 2.78. The summed E-state index contributed by atoms with van der Waals surface area (Å²) in [7, 11) is 0. The largest absolute Gasteiger partial charge is 0.381 e. The Morgan fingerprint density at radius 2 is 1.08 bits per heavy atom. The molecular weight excluding hydrogens is 160 g/mol. The fourth-order valence-electron chi connectivity index (χ4n) is 2.26. The van der Waals surface area contributed by atoms with Gasteiger partial charge in [-0.05, 0) is 22.7 Å². The van der Waals surface area contributed by atoms with Gasteiger partial charge in [-0.3, -0.25) is 0 Å². The van der Waals surface area contributed by atoms with E-state index in [-0.39, 0.29) is 0 Å². The summed E-state index contributed by atoms with van der Waals surface area (Å²) in [6.07, 6.45) is 0. The van der Waals surface area contributed by atoms with Crippen molar-refractivity contribution in [1.82, 2.24) is 0 Å². The third-order valence-corrected chi connectivity index (χ3v) is 3.31. The molecule has 78 valence electrons. The van der Waals surface area contributed by atoms with Crippen LogP contribution in [0.25, 0.3) is 0 Å². The Morgan fingerprint density at radius 1 is 0.769 bits per heavy atom. The van der Waals surface area contributed by atoms with Crippen LogP contribution in [0.2, 0.25) is 0 Å². The van der Waals surface area contributed by atoms with E-state index in [1.54, 1.807) is 0 Å². The minimum Gasteiger partial charge on any atom is -0.381 e. The fourth-order valence-corrected chi connectivity index (χ4v) is 2.26. The Labute approximate surface area is 82.9 Å². The van der Waals surface area contributed by atoms with E-state index in [9.17, 15) is 0 Å². The van der Waals surface area contributed by atoms with Gasteiger partial charge in [0, 0.05) is 0 Å². The van der Waals surface area contributed by atoms with Gasteiger partial charge < -0.3 is 4.74 Å². The van der Waals surface area contributed by atoms with Crippen LogP contribution in [0, 0.1) is 22.7 Å². The first kappa shape index (κ1) is 11.0. The van der Waals surface area contributed by atoms with E-state index in [0.29, 0.717) is 22.7 Å². The number of hydrogen-bond acceptors (Lipinski definition) is 1. The van der Waals surface area contributed by atoms with Crippen molar-refractivity contribution in [2.45, 2.75) is 41.5 Å². The molecule has 0 aromatic rings. The molecule has 0 N–H and O–H groups in total. The van der Waals surface area contributed by atoms with Crippen LogP contribution >= 0.6 is 0 Å². The van der Waals surface area contributed by atoms with Crippen LogP contribution < -0.4 is 0 Å². The van der Waals surface area contributed by atoms with E-state index in [4.69, 9.17) is 4.74 Å². The van der Waals surface area contributed by atoms with Crippen LogP contribution in [-0.4, -0.2) is 13.2 Å². The van der Waals surface area contributed by atoms with Gasteiger partial charge in [0.2, 0.25) is 0 Å². The molecule has 0 aromatic heterocycles. The van der Waals surface area contributed by atoms with Crippen molar-refractivity contribution in [3.63, 3.8) is 0 Å². The predicted molar refractivity (Wildman–Crippen MR) is 56.7 cm³/mol. The molecule has 1 heterocycles. The molecule has 2 unspecified atom stereocenters. The molecule has 1 heteroatoms. The van der Waals surface area contributed by atoms with Crippen molar-refractivity contribution in [1.29, 1.82) is 0 Å². The van der Waals surface area contributed by atoms with Crippen LogP contribution in [-0.2, 0) is 4.74 Å². The summed E-state index contributed by atoms with van der Waals surface area (Å²) in [4.78, 5) is 0. The van der Waals surface area contributed by atoms with Crippen molar-refractivity contribution < 1.29 is 4.74 Å². The van der Waals surface area contributed by atoms with E-state index >= 15 is 0 Å². The van der Waals surface area contributed by atoms with Crippen LogP contribution in [0.15, 0.2) is 0 Å². The summed E-state index contributed by atoms with van der Waals surface area (Å²) in [6, 6.07) is 0. The summed E-state index contributed by atoms with van der Waals surface area (Å²) in [5.41, 5.74) is 0.767. The molecule has 13 heavy (non-hydrogen) atoms. The van der Waals surface area contributed by atoms with Gasteiger partial charge in [0.15, 0.2) is 0 Å². The monoisotopic (exact) mass is 184 g/mol. The number of ether oxygens (including phenoxy) is 1. The molecule has 1 aliphatic heterocycles. The van der Waals surface area contributed by atoms with Crippen LogP contribution in [0.3, 0.4) is 0 Å². The third-order valence-electron chi connectivity index (χ3n) is 3.31. The van der Waals surface area contributed by atoms with Gasteiger partial charge in [0.25, 0.3) is 0 Å². The molecule has 1 saturated heterocycles. The van der Waals surface area contributed by atoms with Gasteiger partial charge >= 0.3 is 0 Å². The van der Waals surface area contributed by atoms with Gasteiger partial charge in [0.1, 0.15) is 0 Å². The molecule has 2 atom stereocenters. The fraction of sp³-hybridized carbons (Fsp3) is 1.00. The first-order valence-corrected chi connectivity index (χ1v) is 5.30. The minimum absolute atomic E-state index is 0.383. The maximum Gasteiger partial charge on any atom is 0.0503 e. The molecule has 0 spiro atoms. The van der Waals surface area contributed by atoms with Gasteiger partial charge in [-0.15, -0.1) is 0 Å². The van der Waals surface area contributed by atoms with E-state index in [1.807, 2.05) is 0 Å². The molecule has 1 nitrogen and oxygen atoms in total. The highest BCUT2D eigenvalue weighted by molar-refractivity contribution is 4.90. The maximum absolute atomic E-state index is 5.62. The summed E-state index contributed by atoms with van der Waals surface area (Å²) in [6.45, 7) is 15.8. The van der Waals surface area contributed by atoms with Crippen molar-refractivity contribution in [2.24, 2.45) is 22.7 Å². The first-order valence-electron chi connectivity index (χ1n) is 5.30. The van der Waals surface area contributed by atoms with Crippen LogP contribution in [0.4, 0.5) is 0 Å². The minimum atomic E-state index is 0.383. The highest BCUT2D eigenvalue weighted by atomic mass is 16.5. The lowest BCUT2D eigenvalue weighted by molar-refractivity contribution is 0.115. The zero-order valence-electron chi connectivity index (χ0n) is 9.98. The molecule has 0 amide bonds. The number of rotatable bonds is 0. The second-order valence-corrected chi connectivity index (χ2v) is 6.48. The van der Waals surface area contributed by atoms with Crippen LogP contribution in [0.5, 0.6) is 0 Å². The molecule has 0 radical (unpaired) electrons. The van der Waals surface area contributed by atoms with E-state index < -0.39 is 0 Å². The molecule has 1 aliphatic rings. The molecule has 1 rings (SSSR count). The SMILES string of the molecule is CC(C)(C)C1COCC1C(C)(C)C. The number of hydrogen-bond donors (Lipinski definition) is 0. The second kappa shape index (κ2) is 3.27. The lowest BCUT2D eigenvalue weighted by Gasteiger charge is -2.37. The molecule has 0 aliphatic carbocycles. The van der Waals surface area contributed by atoms with E-state index in [2.05, 4.69) is 41.5 Å². The lowest BCUT2D eigenvalue weighted by Crippen LogP contribution is -2.34. The van der Waals surface area contributed by atoms with Crippen molar-refractivity contribution >= 4 is 0 Å². The lowest BCUT2D eigenvalue weighted by atomic mass is 9.66. The van der Waals surface area contributed by atoms with Crippen LogP contribution in [0.1, 0.15) is 41.5 Å². The average Bonchev–Trinajstić information content (AvgIpc) is 2.27. The maximum atomic E-state index is 5.62. The predicted octanol–water partition coefficient (Wildman–Crippen LogP) is 3.34. The van der Waals surface area contributed by atoms with Crippen molar-refractivity contribution in [3.8, 4) is 0 Å². The van der Waals surface area contributed by atoms with E-state index in [1.165, 1.54) is 0 Å². The molecule has 0 aromatic carbocycles. The molecule has 1 fully saturated rings. The summed E-state index contributed by atoms with van der Waals surface area (Å²) in [5, 5.41) is 0. The topological polar surface area (TPSA) is 9.23 Å². The normalized spacial score (nSPS) is 30.9. The van der Waals surface area contributed by atoms with Crippen molar-refractivity contribution in [2.75, 3.05) is 13.2 Å². The quantitative estimate of drug-likeness (QED) is 0.561. The van der Waals surface area contributed by atoms with Gasteiger partial charge in [-0.1, -0.05) is 41.5 Å². The smallest absolute Gasteiger partial charge is 0.0503 e. The Morgan fingerprint density at radius 3 is 1.31 bits per heavy atom.